The van der Waals surface area contributed by atoms with Crippen LogP contribution < -0.4 is 0 Å². The molecule has 0 amide bonds. The van der Waals surface area contributed by atoms with Crippen molar-refractivity contribution in [3.63, 3.8) is 0 Å². The van der Waals surface area contributed by atoms with E-state index in [1.807, 2.05) is 22.6 Å². The largest absolute Gasteiger partial charge is 0.390 e. The Morgan fingerprint density at radius 1 is 1.30 bits per heavy atom. The van der Waals surface area contributed by atoms with Crippen molar-refractivity contribution in [2.24, 2.45) is 0 Å². The molecule has 0 aromatic rings. The van der Waals surface area contributed by atoms with E-state index in [4.69, 9.17) is 0 Å². The molecule has 0 N–H and O–H groups in total. The molecule has 10 heavy (non-hydrogen) atoms. The van der Waals surface area contributed by atoms with Crippen LogP contribution in [0.25, 0.3) is 0 Å². The van der Waals surface area contributed by atoms with Gasteiger partial charge in [-0.2, -0.15) is 13.2 Å². The zero-order valence-corrected chi connectivity index (χ0v) is 8.08. The van der Waals surface area contributed by atoms with Crippen LogP contribution in [0.1, 0.15) is 26.7 Å². The molecule has 0 rings (SSSR count). The maximum absolute atomic E-state index is 11.7. The summed E-state index contributed by atoms with van der Waals surface area (Å²) in [5.41, 5.74) is 0. The molecule has 62 valence electrons. The number of rotatable bonds is 2. The second-order valence-corrected chi connectivity index (χ2v) is 5.16. The minimum atomic E-state index is -4.02. The predicted molar refractivity (Wildman–Crippen MR) is 43.4 cm³/mol. The SMILES string of the molecule is CCC(C)(I)CC(F)(F)F. The first-order chi connectivity index (χ1) is 4.27. The maximum atomic E-state index is 11.7. The minimum Gasteiger partial charge on any atom is -0.171 e. The van der Waals surface area contributed by atoms with Crippen LogP contribution in [-0.4, -0.2) is 9.60 Å². The van der Waals surface area contributed by atoms with E-state index in [9.17, 15) is 13.2 Å². The van der Waals surface area contributed by atoms with Crippen molar-refractivity contribution >= 4 is 22.6 Å². The summed E-state index contributed by atoms with van der Waals surface area (Å²) in [6, 6.07) is 0. The third kappa shape index (κ3) is 5.32. The minimum absolute atomic E-state index is 0.549. The summed E-state index contributed by atoms with van der Waals surface area (Å²) >= 11 is 1.84. The van der Waals surface area contributed by atoms with Crippen molar-refractivity contribution in [1.29, 1.82) is 0 Å². The highest BCUT2D eigenvalue weighted by Crippen LogP contribution is 2.35. The Kier molecular flexibility index (Phi) is 3.45. The van der Waals surface area contributed by atoms with Crippen molar-refractivity contribution in [1.82, 2.24) is 0 Å². The first-order valence-electron chi connectivity index (χ1n) is 3.02. The van der Waals surface area contributed by atoms with E-state index in [1.165, 1.54) is 0 Å². The summed E-state index contributed by atoms with van der Waals surface area (Å²) in [6.45, 7) is 3.37. The smallest absolute Gasteiger partial charge is 0.171 e. The molecule has 0 fully saturated rings. The Labute approximate surface area is 72.3 Å². The summed E-state index contributed by atoms with van der Waals surface area (Å²) < 4.78 is 34.6. The Bertz CT molecular complexity index is 106. The van der Waals surface area contributed by atoms with Crippen LogP contribution in [0.15, 0.2) is 0 Å². The molecule has 0 aromatic heterocycles. The van der Waals surface area contributed by atoms with Gasteiger partial charge in [-0.05, 0) is 6.42 Å². The number of hydrogen-bond acceptors (Lipinski definition) is 0. The fourth-order valence-electron chi connectivity index (χ4n) is 0.543. The van der Waals surface area contributed by atoms with E-state index in [1.54, 1.807) is 13.8 Å². The molecule has 0 saturated carbocycles. The second kappa shape index (κ2) is 3.28. The molecule has 0 radical (unpaired) electrons. The lowest BCUT2D eigenvalue weighted by Crippen LogP contribution is -2.24. The van der Waals surface area contributed by atoms with Gasteiger partial charge in [0.2, 0.25) is 0 Å². The van der Waals surface area contributed by atoms with E-state index in [2.05, 4.69) is 0 Å². The topological polar surface area (TPSA) is 0 Å². The van der Waals surface area contributed by atoms with Crippen molar-refractivity contribution in [3.8, 4) is 0 Å². The monoisotopic (exact) mass is 266 g/mol. The highest BCUT2D eigenvalue weighted by molar-refractivity contribution is 14.1. The van der Waals surface area contributed by atoms with Gasteiger partial charge in [-0.3, -0.25) is 0 Å². The molecular formula is C6H10F3I. The summed E-state index contributed by atoms with van der Waals surface area (Å²) in [5.74, 6) is 0. The molecule has 0 spiro atoms. The van der Waals surface area contributed by atoms with Gasteiger partial charge in [0.15, 0.2) is 0 Å². The average Bonchev–Trinajstić information content (AvgIpc) is 1.60. The van der Waals surface area contributed by atoms with E-state index in [0.717, 1.165) is 0 Å². The number of hydrogen-bond donors (Lipinski definition) is 0. The Balaban J connectivity index is 3.89. The van der Waals surface area contributed by atoms with E-state index in [0.29, 0.717) is 6.42 Å². The molecule has 0 aliphatic rings. The van der Waals surface area contributed by atoms with Gasteiger partial charge in [0.05, 0.1) is 6.42 Å². The van der Waals surface area contributed by atoms with Crippen molar-refractivity contribution < 1.29 is 13.2 Å². The fraction of sp³-hybridized carbons (Fsp3) is 1.00. The van der Waals surface area contributed by atoms with Gasteiger partial charge >= 0.3 is 6.18 Å². The highest BCUT2D eigenvalue weighted by Gasteiger charge is 2.36. The summed E-state index contributed by atoms with van der Waals surface area (Å²) in [6.07, 6.45) is -4.17. The predicted octanol–water partition coefficient (Wildman–Crippen LogP) is 3.54. The molecule has 0 bridgehead atoms. The van der Waals surface area contributed by atoms with Gasteiger partial charge in [-0.15, -0.1) is 0 Å². The maximum Gasteiger partial charge on any atom is 0.390 e. The molecule has 0 saturated heterocycles. The third-order valence-corrected chi connectivity index (χ3v) is 2.45. The summed E-state index contributed by atoms with van der Waals surface area (Å²) in [4.78, 5) is 0. The van der Waals surface area contributed by atoms with E-state index >= 15 is 0 Å². The molecule has 0 heterocycles. The van der Waals surface area contributed by atoms with Crippen LogP contribution in [0.5, 0.6) is 0 Å². The van der Waals surface area contributed by atoms with Gasteiger partial charge in [0.1, 0.15) is 0 Å². The van der Waals surface area contributed by atoms with Gasteiger partial charge in [-0.1, -0.05) is 36.4 Å². The average molecular weight is 266 g/mol. The van der Waals surface area contributed by atoms with Crippen LogP contribution in [0, 0.1) is 0 Å². The molecule has 0 aliphatic carbocycles. The van der Waals surface area contributed by atoms with Crippen LogP contribution in [-0.2, 0) is 0 Å². The summed E-state index contributed by atoms with van der Waals surface area (Å²) in [7, 11) is 0. The van der Waals surface area contributed by atoms with Crippen molar-refractivity contribution in [2.45, 2.75) is 36.3 Å². The first-order valence-corrected chi connectivity index (χ1v) is 4.10. The van der Waals surface area contributed by atoms with Crippen LogP contribution >= 0.6 is 22.6 Å². The Morgan fingerprint density at radius 2 is 1.70 bits per heavy atom. The molecule has 1 atom stereocenters. The van der Waals surface area contributed by atoms with Crippen LogP contribution in [0.4, 0.5) is 13.2 Å². The number of halogens is 4. The van der Waals surface area contributed by atoms with Crippen molar-refractivity contribution in [3.05, 3.63) is 0 Å². The van der Waals surface area contributed by atoms with Crippen LogP contribution in [0.3, 0.4) is 0 Å². The lowest BCUT2D eigenvalue weighted by molar-refractivity contribution is -0.138. The molecule has 0 aliphatic heterocycles. The van der Waals surface area contributed by atoms with Gasteiger partial charge in [0, 0.05) is 3.42 Å². The van der Waals surface area contributed by atoms with Crippen LogP contribution in [0.2, 0.25) is 0 Å². The molecule has 4 heteroatoms. The Hall–Kier alpha value is 0.520. The van der Waals surface area contributed by atoms with Gasteiger partial charge in [-0.25, -0.2) is 0 Å². The van der Waals surface area contributed by atoms with Gasteiger partial charge in [0.25, 0.3) is 0 Å². The lowest BCUT2D eigenvalue weighted by atomic mass is 10.1. The molecule has 1 unspecified atom stereocenters. The zero-order chi connectivity index (χ0) is 8.41. The van der Waals surface area contributed by atoms with E-state index in [-0.39, 0.29) is 0 Å². The van der Waals surface area contributed by atoms with Gasteiger partial charge < -0.3 is 0 Å². The van der Waals surface area contributed by atoms with E-state index < -0.39 is 16.0 Å². The van der Waals surface area contributed by atoms with Crippen molar-refractivity contribution in [2.75, 3.05) is 0 Å². The Morgan fingerprint density at radius 3 is 1.80 bits per heavy atom. The molecule has 0 aromatic carbocycles. The normalized spacial score (nSPS) is 18.6. The molecule has 0 nitrogen and oxygen atoms in total. The third-order valence-electron chi connectivity index (χ3n) is 1.31. The number of alkyl halides is 4. The highest BCUT2D eigenvalue weighted by atomic mass is 127. The molecular weight excluding hydrogens is 256 g/mol. The second-order valence-electron chi connectivity index (χ2n) is 2.56. The zero-order valence-electron chi connectivity index (χ0n) is 5.93. The standard InChI is InChI=1S/C6H10F3I/c1-3-5(2,10)4-6(7,8)9/h3-4H2,1-2H3. The summed E-state index contributed by atoms with van der Waals surface area (Å²) in [5, 5.41) is 0. The first kappa shape index (κ1) is 10.5. The fourth-order valence-corrected chi connectivity index (χ4v) is 0.975. The quantitative estimate of drug-likeness (QED) is 0.529. The lowest BCUT2D eigenvalue weighted by Gasteiger charge is -2.21.